The Bertz CT molecular complexity index is 386. The van der Waals surface area contributed by atoms with Crippen LogP contribution in [0.5, 0.6) is 0 Å². The first-order valence-corrected chi connectivity index (χ1v) is 5.46. The van der Waals surface area contributed by atoms with Crippen molar-refractivity contribution in [2.24, 2.45) is 0 Å². The predicted octanol–water partition coefficient (Wildman–Crippen LogP) is 1.08. The van der Waals surface area contributed by atoms with E-state index < -0.39 is 0 Å². The normalized spacial score (nSPS) is 9.94. The fourth-order valence-corrected chi connectivity index (χ4v) is 1.50. The average molecular weight is 256 g/mol. The standard InChI is InChI=1S/C10H14ClN5O/c1-17-6-5-16(4-2-3-12)9-7-8(11)14-10(13)15-9/h7H,2,4-6H2,1H3,(H2,13,14,15). The van der Waals surface area contributed by atoms with Crippen molar-refractivity contribution in [2.45, 2.75) is 6.42 Å². The lowest BCUT2D eigenvalue weighted by Gasteiger charge is -2.22. The number of nitrogens with zero attached hydrogens (tertiary/aromatic N) is 4. The van der Waals surface area contributed by atoms with Gasteiger partial charge in [-0.25, -0.2) is 4.98 Å². The van der Waals surface area contributed by atoms with Gasteiger partial charge in [0, 0.05) is 26.3 Å². The van der Waals surface area contributed by atoms with Crippen LogP contribution in [0.3, 0.4) is 0 Å². The lowest BCUT2D eigenvalue weighted by Crippen LogP contribution is -2.29. The van der Waals surface area contributed by atoms with Gasteiger partial charge in [-0.1, -0.05) is 11.6 Å². The largest absolute Gasteiger partial charge is 0.383 e. The second-order valence-electron chi connectivity index (χ2n) is 3.30. The van der Waals surface area contributed by atoms with Crippen molar-refractivity contribution < 1.29 is 4.74 Å². The van der Waals surface area contributed by atoms with Crippen molar-refractivity contribution in [1.82, 2.24) is 9.97 Å². The van der Waals surface area contributed by atoms with E-state index in [0.717, 1.165) is 0 Å². The molecule has 1 aromatic rings. The van der Waals surface area contributed by atoms with Crippen LogP contribution in [0.1, 0.15) is 6.42 Å². The Morgan fingerprint density at radius 1 is 1.53 bits per heavy atom. The van der Waals surface area contributed by atoms with Crippen LogP contribution in [0.25, 0.3) is 0 Å². The van der Waals surface area contributed by atoms with Gasteiger partial charge >= 0.3 is 0 Å². The van der Waals surface area contributed by atoms with E-state index in [4.69, 9.17) is 27.3 Å². The van der Waals surface area contributed by atoms with E-state index in [1.807, 2.05) is 4.90 Å². The number of hydrogen-bond donors (Lipinski definition) is 1. The Morgan fingerprint density at radius 2 is 2.29 bits per heavy atom. The van der Waals surface area contributed by atoms with Gasteiger partial charge in [0.25, 0.3) is 0 Å². The maximum absolute atomic E-state index is 8.61. The molecule has 0 amide bonds. The van der Waals surface area contributed by atoms with Crippen molar-refractivity contribution in [2.75, 3.05) is 37.4 Å². The van der Waals surface area contributed by atoms with Gasteiger partial charge in [0.1, 0.15) is 11.0 Å². The summed E-state index contributed by atoms with van der Waals surface area (Å²) in [5.74, 6) is 0.724. The number of hydrogen-bond acceptors (Lipinski definition) is 6. The lowest BCUT2D eigenvalue weighted by molar-refractivity contribution is 0.205. The molecule has 2 N–H and O–H groups in total. The van der Waals surface area contributed by atoms with Crippen LogP contribution in [0.2, 0.25) is 5.15 Å². The zero-order valence-corrected chi connectivity index (χ0v) is 10.3. The van der Waals surface area contributed by atoms with Gasteiger partial charge in [0.2, 0.25) is 5.95 Å². The summed E-state index contributed by atoms with van der Waals surface area (Å²) in [6.45, 7) is 1.70. The van der Waals surface area contributed by atoms with Gasteiger partial charge < -0.3 is 15.4 Å². The minimum Gasteiger partial charge on any atom is -0.383 e. The number of anilines is 2. The summed E-state index contributed by atoms with van der Waals surface area (Å²) in [5.41, 5.74) is 5.52. The minimum atomic E-state index is 0.117. The molecule has 0 spiro atoms. The van der Waals surface area contributed by atoms with E-state index in [1.165, 1.54) is 0 Å². The molecule has 0 radical (unpaired) electrons. The number of methoxy groups -OCH3 is 1. The van der Waals surface area contributed by atoms with E-state index in [9.17, 15) is 0 Å². The summed E-state index contributed by atoms with van der Waals surface area (Å²) < 4.78 is 5.00. The highest BCUT2D eigenvalue weighted by atomic mass is 35.5. The summed E-state index contributed by atoms with van der Waals surface area (Å²) in [5, 5.41) is 8.89. The highest BCUT2D eigenvalue weighted by Crippen LogP contribution is 2.17. The molecule has 0 aliphatic heterocycles. The maximum atomic E-state index is 8.61. The monoisotopic (exact) mass is 255 g/mol. The number of nitriles is 1. The van der Waals surface area contributed by atoms with E-state index in [0.29, 0.717) is 31.9 Å². The number of aromatic nitrogens is 2. The highest BCUT2D eigenvalue weighted by Gasteiger charge is 2.09. The van der Waals surface area contributed by atoms with E-state index >= 15 is 0 Å². The van der Waals surface area contributed by atoms with Gasteiger partial charge in [0.05, 0.1) is 19.1 Å². The molecule has 17 heavy (non-hydrogen) atoms. The third-order valence-corrected chi connectivity index (χ3v) is 2.28. The van der Waals surface area contributed by atoms with Gasteiger partial charge in [-0.3, -0.25) is 0 Å². The molecule has 92 valence electrons. The number of halogens is 1. The second-order valence-corrected chi connectivity index (χ2v) is 3.68. The lowest BCUT2D eigenvalue weighted by atomic mass is 10.4. The molecule has 0 bridgehead atoms. The fourth-order valence-electron chi connectivity index (χ4n) is 1.31. The fraction of sp³-hybridized carbons (Fsp3) is 0.500. The van der Waals surface area contributed by atoms with E-state index in [-0.39, 0.29) is 11.1 Å². The van der Waals surface area contributed by atoms with Crippen LogP contribution in [0, 0.1) is 11.3 Å². The first-order chi connectivity index (χ1) is 8.17. The van der Waals surface area contributed by atoms with Crippen LogP contribution in [0.15, 0.2) is 6.07 Å². The number of nitrogens with two attached hydrogens (primary N) is 1. The zero-order chi connectivity index (χ0) is 12.7. The quantitative estimate of drug-likeness (QED) is 0.765. The molecule has 0 saturated heterocycles. The molecule has 1 aromatic heterocycles. The molecule has 7 heteroatoms. The van der Waals surface area contributed by atoms with Gasteiger partial charge in [0.15, 0.2) is 0 Å². The molecule has 1 rings (SSSR count). The minimum absolute atomic E-state index is 0.117. The number of rotatable bonds is 6. The van der Waals surface area contributed by atoms with Crippen LogP contribution in [0.4, 0.5) is 11.8 Å². The zero-order valence-electron chi connectivity index (χ0n) is 9.56. The van der Waals surface area contributed by atoms with Gasteiger partial charge in [-0.2, -0.15) is 10.2 Å². The molecule has 0 aliphatic rings. The Kier molecular flexibility index (Phi) is 5.46. The molecule has 6 nitrogen and oxygen atoms in total. The van der Waals surface area contributed by atoms with Crippen LogP contribution >= 0.6 is 11.6 Å². The average Bonchev–Trinajstić information content (AvgIpc) is 2.28. The first kappa shape index (κ1) is 13.5. The topological polar surface area (TPSA) is 88.1 Å². The van der Waals surface area contributed by atoms with Crippen molar-refractivity contribution in [3.05, 3.63) is 11.2 Å². The van der Waals surface area contributed by atoms with Crippen LogP contribution in [-0.2, 0) is 4.74 Å². The molecule has 1 heterocycles. The Hall–Kier alpha value is -1.58. The molecule has 0 saturated carbocycles. The number of nitrogen functional groups attached to an aromatic ring is 1. The Morgan fingerprint density at radius 3 is 2.88 bits per heavy atom. The highest BCUT2D eigenvalue weighted by molar-refractivity contribution is 6.29. The predicted molar refractivity (Wildman–Crippen MR) is 65.8 cm³/mol. The molecule has 0 aromatic carbocycles. The van der Waals surface area contributed by atoms with Crippen LogP contribution in [-0.4, -0.2) is 36.8 Å². The van der Waals surface area contributed by atoms with Crippen molar-refractivity contribution in [1.29, 1.82) is 5.26 Å². The Balaban J connectivity index is 2.83. The third kappa shape index (κ3) is 4.43. The van der Waals surface area contributed by atoms with Crippen molar-refractivity contribution in [3.8, 4) is 6.07 Å². The van der Waals surface area contributed by atoms with Gasteiger partial charge in [-0.15, -0.1) is 0 Å². The maximum Gasteiger partial charge on any atom is 0.223 e. The molecule has 0 atom stereocenters. The third-order valence-electron chi connectivity index (χ3n) is 2.08. The molecule has 0 fully saturated rings. The number of ether oxygens (including phenoxy) is 1. The summed E-state index contributed by atoms with van der Waals surface area (Å²) in [6.07, 6.45) is 0.394. The summed E-state index contributed by atoms with van der Waals surface area (Å²) >= 11 is 5.81. The first-order valence-electron chi connectivity index (χ1n) is 5.08. The summed E-state index contributed by atoms with van der Waals surface area (Å²) in [4.78, 5) is 9.76. The molecule has 0 aliphatic carbocycles. The van der Waals surface area contributed by atoms with E-state index in [2.05, 4.69) is 16.0 Å². The smallest absolute Gasteiger partial charge is 0.223 e. The summed E-state index contributed by atoms with van der Waals surface area (Å²) in [6, 6.07) is 3.70. The Labute approximate surface area is 105 Å². The second kappa shape index (κ2) is 6.89. The van der Waals surface area contributed by atoms with Crippen LogP contribution < -0.4 is 10.6 Å². The van der Waals surface area contributed by atoms with Crippen molar-refractivity contribution >= 4 is 23.4 Å². The van der Waals surface area contributed by atoms with Crippen molar-refractivity contribution in [3.63, 3.8) is 0 Å². The SMILES string of the molecule is COCCN(CCC#N)c1cc(Cl)nc(N)n1. The molecular weight excluding hydrogens is 242 g/mol. The molecule has 0 unspecified atom stereocenters. The van der Waals surface area contributed by atoms with E-state index in [1.54, 1.807) is 13.2 Å². The van der Waals surface area contributed by atoms with Gasteiger partial charge in [-0.05, 0) is 0 Å². The summed E-state index contributed by atoms with van der Waals surface area (Å²) in [7, 11) is 1.61. The molecular formula is C10H14ClN5O.